The Kier molecular flexibility index (Phi) is 9.12. The van der Waals surface area contributed by atoms with Gasteiger partial charge in [-0.25, -0.2) is 4.99 Å². The number of methoxy groups -OCH3 is 2. The summed E-state index contributed by atoms with van der Waals surface area (Å²) in [7, 11) is 3.26. The molecule has 5 nitrogen and oxygen atoms in total. The summed E-state index contributed by atoms with van der Waals surface area (Å²) in [4.78, 5) is 4.37. The first-order valence-electron chi connectivity index (χ1n) is 7.92. The molecule has 0 atom stereocenters. The lowest BCUT2D eigenvalue weighted by Gasteiger charge is -2.10. The Morgan fingerprint density at radius 1 is 1.04 bits per heavy atom. The largest absolute Gasteiger partial charge is 0.493 e. The van der Waals surface area contributed by atoms with Crippen molar-refractivity contribution in [2.45, 2.75) is 19.9 Å². The summed E-state index contributed by atoms with van der Waals surface area (Å²) in [6, 6.07) is 14.2. The van der Waals surface area contributed by atoms with E-state index in [1.807, 2.05) is 30.3 Å². The maximum Gasteiger partial charge on any atom is 0.188 e. The Morgan fingerprint density at radius 2 is 1.80 bits per heavy atom. The molecule has 0 aliphatic heterocycles. The van der Waals surface area contributed by atoms with Crippen molar-refractivity contribution in [3.8, 4) is 11.5 Å². The number of ether oxygens (including phenoxy) is 2. The zero-order valence-corrected chi connectivity index (χ0v) is 17.2. The smallest absolute Gasteiger partial charge is 0.188 e. The Hall–Kier alpha value is -1.96. The zero-order valence-electron chi connectivity index (χ0n) is 14.9. The van der Waals surface area contributed by atoms with Crippen LogP contribution in [0, 0.1) is 6.92 Å². The second-order valence-electron chi connectivity index (χ2n) is 5.56. The molecule has 0 fully saturated rings. The number of aliphatic imine (C=N–C) groups is 1. The third-order valence-electron chi connectivity index (χ3n) is 3.68. The zero-order chi connectivity index (χ0) is 17.4. The summed E-state index contributed by atoms with van der Waals surface area (Å²) in [5.74, 6) is 1.92. The maximum atomic E-state index is 5.92. The van der Waals surface area contributed by atoms with Crippen molar-refractivity contribution in [1.82, 2.24) is 5.32 Å². The molecule has 2 aromatic rings. The number of benzene rings is 2. The first-order valence-corrected chi connectivity index (χ1v) is 7.92. The van der Waals surface area contributed by atoms with E-state index in [2.05, 4.69) is 29.4 Å². The third-order valence-corrected chi connectivity index (χ3v) is 3.68. The molecule has 0 saturated carbocycles. The summed E-state index contributed by atoms with van der Waals surface area (Å²) in [5.41, 5.74) is 9.44. The molecule has 2 rings (SSSR count). The quantitative estimate of drug-likeness (QED) is 0.382. The second kappa shape index (κ2) is 10.8. The SMILES string of the molecule is COc1ccc(CCNC(N)=NCc2cccc(C)c2)cc1OC.I. The van der Waals surface area contributed by atoms with Gasteiger partial charge in [0.2, 0.25) is 0 Å². The van der Waals surface area contributed by atoms with Crippen molar-refractivity contribution in [2.24, 2.45) is 10.7 Å². The number of rotatable bonds is 7. The van der Waals surface area contributed by atoms with Gasteiger partial charge in [0.25, 0.3) is 0 Å². The molecule has 0 radical (unpaired) electrons. The molecule has 136 valence electrons. The molecule has 0 aliphatic rings. The highest BCUT2D eigenvalue weighted by molar-refractivity contribution is 14.0. The van der Waals surface area contributed by atoms with E-state index in [0.29, 0.717) is 19.0 Å². The predicted octanol–water partition coefficient (Wildman–Crippen LogP) is 3.28. The monoisotopic (exact) mass is 455 g/mol. The number of aryl methyl sites for hydroxylation is 1. The van der Waals surface area contributed by atoms with Gasteiger partial charge in [0.1, 0.15) is 0 Å². The molecule has 0 saturated heterocycles. The summed E-state index contributed by atoms with van der Waals surface area (Å²) in [5, 5.41) is 3.14. The summed E-state index contributed by atoms with van der Waals surface area (Å²) >= 11 is 0. The Labute approximate surface area is 166 Å². The molecule has 0 unspecified atom stereocenters. The van der Waals surface area contributed by atoms with E-state index in [9.17, 15) is 0 Å². The first kappa shape index (κ1) is 21.1. The molecule has 0 heterocycles. The van der Waals surface area contributed by atoms with Gasteiger partial charge in [-0.05, 0) is 36.6 Å². The van der Waals surface area contributed by atoms with Crippen LogP contribution in [0.15, 0.2) is 47.5 Å². The number of nitrogens with one attached hydrogen (secondary N) is 1. The van der Waals surface area contributed by atoms with Crippen LogP contribution in [-0.2, 0) is 13.0 Å². The molecule has 0 bridgehead atoms. The van der Waals surface area contributed by atoms with Gasteiger partial charge in [-0.15, -0.1) is 24.0 Å². The van der Waals surface area contributed by atoms with Gasteiger partial charge in [-0.1, -0.05) is 35.9 Å². The van der Waals surface area contributed by atoms with Crippen LogP contribution in [0.5, 0.6) is 11.5 Å². The molecule has 6 heteroatoms. The fourth-order valence-corrected chi connectivity index (χ4v) is 2.41. The van der Waals surface area contributed by atoms with Gasteiger partial charge >= 0.3 is 0 Å². The van der Waals surface area contributed by atoms with Crippen molar-refractivity contribution in [1.29, 1.82) is 0 Å². The lowest BCUT2D eigenvalue weighted by molar-refractivity contribution is 0.354. The molecule has 25 heavy (non-hydrogen) atoms. The first-order chi connectivity index (χ1) is 11.6. The van der Waals surface area contributed by atoms with Gasteiger partial charge in [0.15, 0.2) is 17.5 Å². The maximum absolute atomic E-state index is 5.92. The molecule has 2 aromatic carbocycles. The number of hydrogen-bond acceptors (Lipinski definition) is 3. The van der Waals surface area contributed by atoms with E-state index in [0.717, 1.165) is 29.0 Å². The minimum atomic E-state index is 0. The fraction of sp³-hybridized carbons (Fsp3) is 0.316. The van der Waals surface area contributed by atoms with Crippen molar-refractivity contribution in [3.05, 3.63) is 59.2 Å². The normalized spacial score (nSPS) is 10.8. The molecular weight excluding hydrogens is 429 g/mol. The lowest BCUT2D eigenvalue weighted by atomic mass is 10.1. The van der Waals surface area contributed by atoms with E-state index in [4.69, 9.17) is 15.2 Å². The molecule has 3 N–H and O–H groups in total. The van der Waals surface area contributed by atoms with E-state index in [-0.39, 0.29) is 24.0 Å². The van der Waals surface area contributed by atoms with E-state index >= 15 is 0 Å². The van der Waals surface area contributed by atoms with Crippen LogP contribution in [0.1, 0.15) is 16.7 Å². The van der Waals surface area contributed by atoms with Gasteiger partial charge < -0.3 is 20.5 Å². The van der Waals surface area contributed by atoms with E-state index < -0.39 is 0 Å². The average molecular weight is 455 g/mol. The minimum Gasteiger partial charge on any atom is -0.493 e. The summed E-state index contributed by atoms with van der Waals surface area (Å²) < 4.78 is 10.5. The van der Waals surface area contributed by atoms with Crippen LogP contribution in [0.4, 0.5) is 0 Å². The Balaban J connectivity index is 0.00000312. The Morgan fingerprint density at radius 3 is 2.48 bits per heavy atom. The van der Waals surface area contributed by atoms with E-state index in [1.165, 1.54) is 5.56 Å². The molecule has 0 amide bonds. The van der Waals surface area contributed by atoms with E-state index in [1.54, 1.807) is 14.2 Å². The molecule has 0 aliphatic carbocycles. The van der Waals surface area contributed by atoms with Crippen LogP contribution in [0.2, 0.25) is 0 Å². The predicted molar refractivity (Wildman–Crippen MR) is 113 cm³/mol. The number of nitrogens with zero attached hydrogens (tertiary/aromatic N) is 1. The topological polar surface area (TPSA) is 68.9 Å². The van der Waals surface area contributed by atoms with Gasteiger partial charge in [0, 0.05) is 6.54 Å². The van der Waals surface area contributed by atoms with Crippen LogP contribution in [0.25, 0.3) is 0 Å². The van der Waals surface area contributed by atoms with Crippen molar-refractivity contribution in [3.63, 3.8) is 0 Å². The van der Waals surface area contributed by atoms with Crippen molar-refractivity contribution < 1.29 is 9.47 Å². The highest BCUT2D eigenvalue weighted by Crippen LogP contribution is 2.27. The van der Waals surface area contributed by atoms with Crippen LogP contribution >= 0.6 is 24.0 Å². The van der Waals surface area contributed by atoms with Gasteiger partial charge in [-0.2, -0.15) is 0 Å². The van der Waals surface area contributed by atoms with Crippen molar-refractivity contribution >= 4 is 29.9 Å². The highest BCUT2D eigenvalue weighted by Gasteiger charge is 2.04. The molecule has 0 spiro atoms. The molecular formula is C19H26IN3O2. The van der Waals surface area contributed by atoms with Crippen molar-refractivity contribution in [2.75, 3.05) is 20.8 Å². The number of guanidine groups is 1. The second-order valence-corrected chi connectivity index (χ2v) is 5.56. The number of halogens is 1. The number of hydrogen-bond donors (Lipinski definition) is 2. The van der Waals surface area contributed by atoms with Gasteiger partial charge in [0.05, 0.1) is 20.8 Å². The lowest BCUT2D eigenvalue weighted by Crippen LogP contribution is -2.33. The van der Waals surface area contributed by atoms with Gasteiger partial charge in [-0.3, -0.25) is 0 Å². The number of nitrogens with two attached hydrogens (primary N) is 1. The fourth-order valence-electron chi connectivity index (χ4n) is 2.41. The minimum absolute atomic E-state index is 0. The summed E-state index contributed by atoms with van der Waals surface area (Å²) in [6.07, 6.45) is 0.820. The summed E-state index contributed by atoms with van der Waals surface area (Å²) in [6.45, 7) is 3.35. The molecule has 0 aromatic heterocycles. The van der Waals surface area contributed by atoms with Crippen LogP contribution in [-0.4, -0.2) is 26.7 Å². The van der Waals surface area contributed by atoms with Crippen LogP contribution < -0.4 is 20.5 Å². The highest BCUT2D eigenvalue weighted by atomic mass is 127. The third kappa shape index (κ3) is 6.81. The standard InChI is InChI=1S/C19H25N3O2.HI/c1-14-5-4-6-16(11-14)13-22-19(20)21-10-9-15-7-8-17(23-2)18(12-15)24-3;/h4-8,11-12H,9-10,13H2,1-3H3,(H3,20,21,22);1H. The van der Waals surface area contributed by atoms with Crippen LogP contribution in [0.3, 0.4) is 0 Å². The average Bonchev–Trinajstić information content (AvgIpc) is 2.60. The Bertz CT molecular complexity index is 705.